The summed E-state index contributed by atoms with van der Waals surface area (Å²) in [6.45, 7) is 9.73. The molecular weight excluding hydrogens is 446 g/mol. The SMILES string of the molecule is CCOC(=O)C1CCN(C(=O)CN(C)C(=O)c2cc(S(=O)(=O)NC(C)(C)C)ccc2C)CC1. The van der Waals surface area contributed by atoms with Gasteiger partial charge in [-0.25, -0.2) is 13.1 Å². The van der Waals surface area contributed by atoms with Crippen molar-refractivity contribution in [2.75, 3.05) is 33.3 Å². The zero-order valence-corrected chi connectivity index (χ0v) is 21.1. The highest BCUT2D eigenvalue weighted by Gasteiger charge is 2.30. The van der Waals surface area contributed by atoms with Crippen LogP contribution in [0, 0.1) is 12.8 Å². The Morgan fingerprint density at radius 2 is 1.79 bits per heavy atom. The summed E-state index contributed by atoms with van der Waals surface area (Å²) in [7, 11) is -2.29. The van der Waals surface area contributed by atoms with E-state index in [1.54, 1.807) is 45.6 Å². The molecule has 1 aliphatic heterocycles. The number of piperidine rings is 1. The minimum Gasteiger partial charge on any atom is -0.466 e. The quantitative estimate of drug-likeness (QED) is 0.596. The number of rotatable bonds is 7. The lowest BCUT2D eigenvalue weighted by Crippen LogP contribution is -2.45. The number of sulfonamides is 1. The molecule has 10 heteroatoms. The molecule has 0 spiro atoms. The Balaban J connectivity index is 2.06. The molecule has 1 fully saturated rings. The number of esters is 1. The Labute approximate surface area is 196 Å². The van der Waals surface area contributed by atoms with Crippen molar-refractivity contribution < 1.29 is 27.5 Å². The molecule has 1 aromatic carbocycles. The maximum absolute atomic E-state index is 13.0. The number of ether oxygens (including phenoxy) is 1. The predicted molar refractivity (Wildman–Crippen MR) is 124 cm³/mol. The standard InChI is InChI=1S/C23H35N3O6S/c1-7-32-22(29)17-10-12-26(13-11-17)20(27)15-25(6)21(28)19-14-18(9-8-16(19)2)33(30,31)24-23(3,4)5/h8-9,14,17,24H,7,10-13,15H2,1-6H3. The van der Waals surface area contributed by atoms with Gasteiger partial charge in [0.15, 0.2) is 0 Å². The number of nitrogens with zero attached hydrogens (tertiary/aromatic N) is 2. The minimum absolute atomic E-state index is 0.00728. The molecule has 1 aromatic rings. The van der Waals surface area contributed by atoms with E-state index in [9.17, 15) is 22.8 Å². The van der Waals surface area contributed by atoms with Crippen molar-refractivity contribution in [3.8, 4) is 0 Å². The van der Waals surface area contributed by atoms with Crippen LogP contribution in [0.2, 0.25) is 0 Å². The molecule has 0 aliphatic carbocycles. The van der Waals surface area contributed by atoms with Gasteiger partial charge in [-0.3, -0.25) is 14.4 Å². The molecule has 1 aliphatic rings. The first kappa shape index (κ1) is 26.8. The lowest BCUT2D eigenvalue weighted by molar-refractivity contribution is -0.151. The second-order valence-electron chi connectivity index (χ2n) is 9.40. The molecule has 1 heterocycles. The first-order chi connectivity index (χ1) is 15.2. The number of carbonyl (C=O) groups is 3. The fraction of sp³-hybridized carbons (Fsp3) is 0.609. The largest absolute Gasteiger partial charge is 0.466 e. The Hall–Kier alpha value is -2.46. The summed E-state index contributed by atoms with van der Waals surface area (Å²) in [4.78, 5) is 40.6. The van der Waals surface area contributed by atoms with Crippen LogP contribution in [-0.4, -0.2) is 74.8 Å². The number of benzene rings is 1. The molecule has 33 heavy (non-hydrogen) atoms. The molecule has 0 saturated carbocycles. The highest BCUT2D eigenvalue weighted by molar-refractivity contribution is 7.89. The van der Waals surface area contributed by atoms with Gasteiger partial charge in [0.25, 0.3) is 5.91 Å². The second-order valence-corrected chi connectivity index (χ2v) is 11.1. The number of likely N-dealkylation sites (tertiary alicyclic amines) is 1. The molecular formula is C23H35N3O6S. The van der Waals surface area contributed by atoms with Crippen LogP contribution in [0.5, 0.6) is 0 Å². The Bertz CT molecular complexity index is 992. The van der Waals surface area contributed by atoms with E-state index in [2.05, 4.69) is 4.72 Å². The van der Waals surface area contributed by atoms with Gasteiger partial charge in [0, 0.05) is 31.2 Å². The summed E-state index contributed by atoms with van der Waals surface area (Å²) in [6.07, 6.45) is 1.06. The van der Waals surface area contributed by atoms with Crippen molar-refractivity contribution in [1.82, 2.24) is 14.5 Å². The van der Waals surface area contributed by atoms with Gasteiger partial charge in [0.05, 0.1) is 24.0 Å². The molecule has 0 radical (unpaired) electrons. The van der Waals surface area contributed by atoms with E-state index in [0.717, 1.165) is 0 Å². The molecule has 0 atom stereocenters. The molecule has 2 amide bonds. The fourth-order valence-electron chi connectivity index (χ4n) is 3.67. The molecule has 0 aromatic heterocycles. The maximum atomic E-state index is 13.0. The van der Waals surface area contributed by atoms with Crippen LogP contribution in [0.25, 0.3) is 0 Å². The van der Waals surface area contributed by atoms with Crippen molar-refractivity contribution in [2.24, 2.45) is 5.92 Å². The molecule has 1 saturated heterocycles. The highest BCUT2D eigenvalue weighted by atomic mass is 32.2. The van der Waals surface area contributed by atoms with Gasteiger partial charge in [-0.05, 0) is 65.2 Å². The summed E-state index contributed by atoms with van der Waals surface area (Å²) in [5.74, 6) is -1.09. The third-order valence-electron chi connectivity index (χ3n) is 5.38. The summed E-state index contributed by atoms with van der Waals surface area (Å²) in [5.41, 5.74) is 0.171. The van der Waals surface area contributed by atoms with Crippen molar-refractivity contribution in [1.29, 1.82) is 0 Å². The lowest BCUT2D eigenvalue weighted by Gasteiger charge is -2.32. The van der Waals surface area contributed by atoms with Gasteiger partial charge in [-0.1, -0.05) is 6.07 Å². The molecule has 1 N–H and O–H groups in total. The number of hydrogen-bond donors (Lipinski definition) is 1. The van der Waals surface area contributed by atoms with Gasteiger partial charge in [-0.15, -0.1) is 0 Å². The fourth-order valence-corrected chi connectivity index (χ4v) is 5.11. The van der Waals surface area contributed by atoms with Crippen molar-refractivity contribution in [3.05, 3.63) is 29.3 Å². The smallest absolute Gasteiger partial charge is 0.309 e. The number of nitrogens with one attached hydrogen (secondary N) is 1. The van der Waals surface area contributed by atoms with Crippen LogP contribution in [0.3, 0.4) is 0 Å². The third-order valence-corrected chi connectivity index (χ3v) is 7.13. The zero-order valence-electron chi connectivity index (χ0n) is 20.3. The van der Waals surface area contributed by atoms with Crippen molar-refractivity contribution >= 4 is 27.8 Å². The van der Waals surface area contributed by atoms with Crippen molar-refractivity contribution in [2.45, 2.75) is 57.9 Å². The molecule has 0 bridgehead atoms. The third kappa shape index (κ3) is 7.26. The van der Waals surface area contributed by atoms with Crippen LogP contribution in [-0.2, 0) is 24.3 Å². The maximum Gasteiger partial charge on any atom is 0.309 e. The van der Waals surface area contributed by atoms with Crippen molar-refractivity contribution in [3.63, 3.8) is 0 Å². The van der Waals surface area contributed by atoms with Gasteiger partial charge in [-0.2, -0.15) is 0 Å². The van der Waals surface area contributed by atoms with Crippen LogP contribution in [0.15, 0.2) is 23.1 Å². The zero-order chi connectivity index (χ0) is 25.0. The number of amides is 2. The van der Waals surface area contributed by atoms with E-state index in [0.29, 0.717) is 38.1 Å². The first-order valence-corrected chi connectivity index (χ1v) is 12.6. The molecule has 9 nitrogen and oxygen atoms in total. The van der Waals surface area contributed by atoms with Gasteiger partial charge in [0.2, 0.25) is 15.9 Å². The molecule has 2 rings (SSSR count). The monoisotopic (exact) mass is 481 g/mol. The minimum atomic E-state index is -3.81. The van der Waals surface area contributed by atoms with Gasteiger partial charge >= 0.3 is 5.97 Å². The van der Waals surface area contributed by atoms with E-state index in [-0.39, 0.29) is 34.8 Å². The number of hydrogen-bond acceptors (Lipinski definition) is 6. The second kappa shape index (κ2) is 10.6. The van der Waals surface area contributed by atoms with E-state index in [1.165, 1.54) is 24.1 Å². The van der Waals surface area contributed by atoms with Crippen LogP contribution >= 0.6 is 0 Å². The Morgan fingerprint density at radius 3 is 2.33 bits per heavy atom. The Morgan fingerprint density at radius 1 is 1.18 bits per heavy atom. The number of carbonyl (C=O) groups excluding carboxylic acids is 3. The van der Waals surface area contributed by atoms with Crippen LogP contribution in [0.4, 0.5) is 0 Å². The average molecular weight is 482 g/mol. The van der Waals surface area contributed by atoms with E-state index in [1.807, 2.05) is 0 Å². The highest BCUT2D eigenvalue weighted by Crippen LogP contribution is 2.21. The lowest BCUT2D eigenvalue weighted by atomic mass is 9.97. The normalized spacial score (nSPS) is 15.3. The predicted octanol–water partition coefficient (Wildman–Crippen LogP) is 1.95. The average Bonchev–Trinajstić information content (AvgIpc) is 2.72. The number of aryl methyl sites for hydroxylation is 1. The summed E-state index contributed by atoms with van der Waals surface area (Å²) in [5, 5.41) is 0. The Kier molecular flexibility index (Phi) is 8.64. The van der Waals surface area contributed by atoms with Gasteiger partial charge < -0.3 is 14.5 Å². The molecule has 184 valence electrons. The molecule has 0 unspecified atom stereocenters. The van der Waals surface area contributed by atoms with Crippen LogP contribution in [0.1, 0.15) is 56.5 Å². The van der Waals surface area contributed by atoms with Gasteiger partial charge in [0.1, 0.15) is 0 Å². The van der Waals surface area contributed by atoms with E-state index in [4.69, 9.17) is 4.74 Å². The first-order valence-electron chi connectivity index (χ1n) is 11.1. The van der Waals surface area contributed by atoms with Crippen LogP contribution < -0.4 is 4.72 Å². The van der Waals surface area contributed by atoms with E-state index < -0.39 is 21.5 Å². The summed E-state index contributed by atoms with van der Waals surface area (Å²) in [6, 6.07) is 4.39. The summed E-state index contributed by atoms with van der Waals surface area (Å²) < 4.78 is 33.0. The number of likely N-dealkylation sites (N-methyl/N-ethyl adjacent to an activating group) is 1. The topological polar surface area (TPSA) is 113 Å². The van der Waals surface area contributed by atoms with E-state index >= 15 is 0 Å². The summed E-state index contributed by atoms with van der Waals surface area (Å²) >= 11 is 0.